The van der Waals surface area contributed by atoms with E-state index in [1.807, 2.05) is 13.8 Å². The first kappa shape index (κ1) is 17.2. The van der Waals surface area contributed by atoms with Crippen molar-refractivity contribution in [3.05, 3.63) is 11.8 Å². The SMILES string of the molecule is CCOc1cc(C)nc(NC(CC(=O)O)CC(C)(C)C)n1. The Hall–Kier alpha value is -1.85. The maximum Gasteiger partial charge on any atom is 0.305 e. The fourth-order valence-electron chi connectivity index (χ4n) is 2.13. The summed E-state index contributed by atoms with van der Waals surface area (Å²) in [6.45, 7) is 10.5. The number of nitrogens with zero attached hydrogens (tertiary/aromatic N) is 2. The standard InChI is InChI=1S/C15H25N3O3/c1-6-21-12-7-10(2)16-14(18-12)17-11(8-13(19)20)9-15(3,4)5/h7,11H,6,8-9H2,1-5H3,(H,19,20)(H,16,17,18). The third-order valence-electron chi connectivity index (χ3n) is 2.74. The van der Waals surface area contributed by atoms with Crippen LogP contribution in [0.5, 0.6) is 5.88 Å². The van der Waals surface area contributed by atoms with E-state index in [4.69, 9.17) is 9.84 Å². The van der Waals surface area contributed by atoms with Gasteiger partial charge in [-0.2, -0.15) is 4.98 Å². The van der Waals surface area contributed by atoms with Gasteiger partial charge in [0.2, 0.25) is 11.8 Å². The summed E-state index contributed by atoms with van der Waals surface area (Å²) in [5.74, 6) is 0.0701. The molecule has 0 aliphatic rings. The molecule has 0 amide bonds. The number of ether oxygens (including phenoxy) is 1. The van der Waals surface area contributed by atoms with Gasteiger partial charge in [-0.3, -0.25) is 4.79 Å². The third-order valence-corrected chi connectivity index (χ3v) is 2.74. The molecule has 0 bridgehead atoms. The largest absolute Gasteiger partial charge is 0.481 e. The van der Waals surface area contributed by atoms with E-state index in [1.165, 1.54) is 0 Å². The van der Waals surface area contributed by atoms with Crippen molar-refractivity contribution >= 4 is 11.9 Å². The highest BCUT2D eigenvalue weighted by Crippen LogP contribution is 2.24. The molecule has 0 saturated carbocycles. The van der Waals surface area contributed by atoms with E-state index in [0.29, 0.717) is 24.9 Å². The monoisotopic (exact) mass is 295 g/mol. The fraction of sp³-hybridized carbons (Fsp3) is 0.667. The molecule has 1 rings (SSSR count). The van der Waals surface area contributed by atoms with Crippen molar-refractivity contribution in [3.63, 3.8) is 0 Å². The van der Waals surface area contributed by atoms with Gasteiger partial charge in [-0.15, -0.1) is 0 Å². The highest BCUT2D eigenvalue weighted by Gasteiger charge is 2.22. The van der Waals surface area contributed by atoms with Crippen molar-refractivity contribution in [1.29, 1.82) is 0 Å². The first-order valence-corrected chi connectivity index (χ1v) is 7.16. The van der Waals surface area contributed by atoms with Crippen LogP contribution in [0, 0.1) is 12.3 Å². The second kappa shape index (κ2) is 7.24. The predicted octanol–water partition coefficient (Wildman–Crippen LogP) is 2.88. The summed E-state index contributed by atoms with van der Waals surface area (Å²) in [7, 11) is 0. The second-order valence-electron chi connectivity index (χ2n) is 6.31. The highest BCUT2D eigenvalue weighted by atomic mass is 16.5. The number of aliphatic carboxylic acids is 1. The van der Waals surface area contributed by atoms with E-state index < -0.39 is 5.97 Å². The Labute approximate surface area is 126 Å². The van der Waals surface area contributed by atoms with Crippen LogP contribution in [0.15, 0.2) is 6.07 Å². The van der Waals surface area contributed by atoms with Gasteiger partial charge in [0.25, 0.3) is 0 Å². The van der Waals surface area contributed by atoms with Gasteiger partial charge in [0, 0.05) is 17.8 Å². The summed E-state index contributed by atoms with van der Waals surface area (Å²) in [6.07, 6.45) is 0.735. The number of carboxylic acids is 1. The molecular weight excluding hydrogens is 270 g/mol. The molecular formula is C15H25N3O3. The molecule has 6 heteroatoms. The van der Waals surface area contributed by atoms with Gasteiger partial charge in [0.15, 0.2) is 0 Å². The van der Waals surface area contributed by atoms with Gasteiger partial charge in [-0.05, 0) is 25.7 Å². The summed E-state index contributed by atoms with van der Waals surface area (Å²) in [4.78, 5) is 19.6. The van der Waals surface area contributed by atoms with Crippen molar-refractivity contribution in [2.75, 3.05) is 11.9 Å². The number of aromatic nitrogens is 2. The molecule has 1 aromatic rings. The first-order chi connectivity index (χ1) is 9.69. The lowest BCUT2D eigenvalue weighted by atomic mass is 9.87. The van der Waals surface area contributed by atoms with Crippen molar-refractivity contribution in [3.8, 4) is 5.88 Å². The normalized spacial score (nSPS) is 12.8. The van der Waals surface area contributed by atoms with Crippen molar-refractivity contribution < 1.29 is 14.6 Å². The van der Waals surface area contributed by atoms with Crippen molar-refractivity contribution in [2.24, 2.45) is 5.41 Å². The van der Waals surface area contributed by atoms with Gasteiger partial charge < -0.3 is 15.2 Å². The third kappa shape index (κ3) is 6.92. The van der Waals surface area contributed by atoms with Crippen LogP contribution in [0.4, 0.5) is 5.95 Å². The van der Waals surface area contributed by atoms with Crippen LogP contribution in [-0.2, 0) is 4.79 Å². The van der Waals surface area contributed by atoms with Gasteiger partial charge in [0.05, 0.1) is 13.0 Å². The maximum atomic E-state index is 11.0. The first-order valence-electron chi connectivity index (χ1n) is 7.16. The van der Waals surface area contributed by atoms with E-state index in [2.05, 4.69) is 36.1 Å². The van der Waals surface area contributed by atoms with Crippen LogP contribution in [-0.4, -0.2) is 33.7 Å². The lowest BCUT2D eigenvalue weighted by Crippen LogP contribution is -2.29. The van der Waals surface area contributed by atoms with E-state index in [-0.39, 0.29) is 17.9 Å². The minimum absolute atomic E-state index is 0.0136. The number of nitrogens with one attached hydrogen (secondary N) is 1. The average Bonchev–Trinajstić information content (AvgIpc) is 2.24. The molecule has 6 nitrogen and oxygen atoms in total. The number of aryl methyl sites for hydroxylation is 1. The zero-order chi connectivity index (χ0) is 16.0. The lowest BCUT2D eigenvalue weighted by Gasteiger charge is -2.26. The fourth-order valence-corrected chi connectivity index (χ4v) is 2.13. The molecule has 0 saturated heterocycles. The van der Waals surface area contributed by atoms with E-state index in [9.17, 15) is 4.79 Å². The van der Waals surface area contributed by atoms with Crippen molar-refractivity contribution in [2.45, 2.75) is 53.5 Å². The Morgan fingerprint density at radius 3 is 2.62 bits per heavy atom. The number of carboxylic acid groups (broad SMARTS) is 1. The van der Waals surface area contributed by atoms with Crippen LogP contribution >= 0.6 is 0 Å². The zero-order valence-corrected chi connectivity index (χ0v) is 13.4. The number of hydrogen-bond donors (Lipinski definition) is 2. The number of hydrogen-bond acceptors (Lipinski definition) is 5. The Bertz CT molecular complexity index is 484. The molecule has 21 heavy (non-hydrogen) atoms. The summed E-state index contributed by atoms with van der Waals surface area (Å²) < 4.78 is 5.38. The molecule has 0 aliphatic carbocycles. The second-order valence-corrected chi connectivity index (χ2v) is 6.31. The molecule has 0 spiro atoms. The van der Waals surface area contributed by atoms with Crippen LogP contribution in [0.3, 0.4) is 0 Å². The van der Waals surface area contributed by atoms with E-state index in [1.54, 1.807) is 6.07 Å². The van der Waals surface area contributed by atoms with Crippen molar-refractivity contribution in [1.82, 2.24) is 9.97 Å². The van der Waals surface area contributed by atoms with E-state index >= 15 is 0 Å². The highest BCUT2D eigenvalue weighted by molar-refractivity contribution is 5.68. The predicted molar refractivity (Wildman–Crippen MR) is 81.7 cm³/mol. The number of rotatable bonds is 7. The molecule has 0 aliphatic heterocycles. The molecule has 1 heterocycles. The average molecular weight is 295 g/mol. The summed E-state index contributed by atoms with van der Waals surface area (Å²) in [5.41, 5.74) is 0.792. The zero-order valence-electron chi connectivity index (χ0n) is 13.4. The molecule has 118 valence electrons. The molecule has 0 fully saturated rings. The molecule has 2 N–H and O–H groups in total. The molecule has 1 aromatic heterocycles. The quantitative estimate of drug-likeness (QED) is 0.804. The summed E-state index contributed by atoms with van der Waals surface area (Å²) in [5, 5.41) is 12.2. The van der Waals surface area contributed by atoms with Gasteiger partial charge in [-0.25, -0.2) is 4.98 Å². The van der Waals surface area contributed by atoms with Gasteiger partial charge in [-0.1, -0.05) is 20.8 Å². The Balaban J connectivity index is 2.88. The topological polar surface area (TPSA) is 84.3 Å². The Morgan fingerprint density at radius 2 is 2.10 bits per heavy atom. The smallest absolute Gasteiger partial charge is 0.305 e. The Kier molecular flexibility index (Phi) is 5.93. The van der Waals surface area contributed by atoms with Gasteiger partial charge in [0.1, 0.15) is 0 Å². The number of carbonyl (C=O) groups is 1. The Morgan fingerprint density at radius 1 is 1.43 bits per heavy atom. The number of anilines is 1. The minimum atomic E-state index is -0.838. The van der Waals surface area contributed by atoms with Gasteiger partial charge >= 0.3 is 5.97 Å². The molecule has 0 radical (unpaired) electrons. The van der Waals surface area contributed by atoms with Crippen LogP contribution in [0.2, 0.25) is 0 Å². The summed E-state index contributed by atoms with van der Waals surface area (Å²) in [6, 6.07) is 1.53. The summed E-state index contributed by atoms with van der Waals surface area (Å²) >= 11 is 0. The molecule has 1 atom stereocenters. The van der Waals surface area contributed by atoms with Crippen LogP contribution < -0.4 is 10.1 Å². The van der Waals surface area contributed by atoms with Crippen LogP contribution in [0.1, 0.15) is 46.2 Å². The molecule has 1 unspecified atom stereocenters. The molecule has 0 aromatic carbocycles. The lowest BCUT2D eigenvalue weighted by molar-refractivity contribution is -0.137. The van der Waals surface area contributed by atoms with E-state index in [0.717, 1.165) is 5.69 Å². The van der Waals surface area contributed by atoms with Crippen LogP contribution in [0.25, 0.3) is 0 Å². The maximum absolute atomic E-state index is 11.0. The minimum Gasteiger partial charge on any atom is -0.481 e.